The Kier molecular flexibility index (Phi) is 5.21. The molecular formula is C19H23NO2. The standard InChI is InChI=1S/C19H23NO2/c1-13(2)16-6-5-7-17(11-16)22-12-19(21)20-18-9-8-14(3)10-15(18)4/h5-11,13H,12H2,1-4H3,(H,20,21). The molecule has 0 fully saturated rings. The molecule has 3 heteroatoms. The second-order valence-electron chi connectivity index (χ2n) is 5.88. The van der Waals surface area contributed by atoms with Crippen molar-refractivity contribution < 1.29 is 9.53 Å². The SMILES string of the molecule is Cc1ccc(NC(=O)COc2cccc(C(C)C)c2)c(C)c1. The summed E-state index contributed by atoms with van der Waals surface area (Å²) >= 11 is 0. The molecule has 0 spiro atoms. The van der Waals surface area contributed by atoms with E-state index < -0.39 is 0 Å². The summed E-state index contributed by atoms with van der Waals surface area (Å²) in [6.45, 7) is 8.28. The lowest BCUT2D eigenvalue weighted by Gasteiger charge is -2.11. The lowest BCUT2D eigenvalue weighted by molar-refractivity contribution is -0.118. The molecule has 2 rings (SSSR count). The molecule has 0 saturated heterocycles. The van der Waals surface area contributed by atoms with Crippen molar-refractivity contribution in [3.63, 3.8) is 0 Å². The first-order valence-electron chi connectivity index (χ1n) is 7.55. The van der Waals surface area contributed by atoms with Gasteiger partial charge in [-0.05, 0) is 49.1 Å². The maximum Gasteiger partial charge on any atom is 0.262 e. The lowest BCUT2D eigenvalue weighted by Crippen LogP contribution is -2.20. The number of hydrogen-bond acceptors (Lipinski definition) is 2. The van der Waals surface area contributed by atoms with Crippen LogP contribution in [0.5, 0.6) is 5.75 Å². The molecule has 0 radical (unpaired) electrons. The molecule has 116 valence electrons. The van der Waals surface area contributed by atoms with Crippen molar-refractivity contribution in [1.29, 1.82) is 0 Å². The fourth-order valence-electron chi connectivity index (χ4n) is 2.25. The topological polar surface area (TPSA) is 38.3 Å². The van der Waals surface area contributed by atoms with Crippen molar-refractivity contribution in [2.75, 3.05) is 11.9 Å². The van der Waals surface area contributed by atoms with E-state index in [1.54, 1.807) is 0 Å². The highest BCUT2D eigenvalue weighted by Crippen LogP contribution is 2.20. The molecule has 0 aromatic heterocycles. The van der Waals surface area contributed by atoms with Gasteiger partial charge in [0.05, 0.1) is 0 Å². The number of carbonyl (C=O) groups is 1. The van der Waals surface area contributed by atoms with Gasteiger partial charge in [-0.2, -0.15) is 0 Å². The first-order valence-corrected chi connectivity index (χ1v) is 7.55. The molecule has 0 aliphatic rings. The van der Waals surface area contributed by atoms with Gasteiger partial charge in [0.1, 0.15) is 5.75 Å². The Bertz CT molecular complexity index is 662. The molecule has 2 aromatic carbocycles. The Morgan fingerprint density at radius 1 is 1.14 bits per heavy atom. The average molecular weight is 297 g/mol. The van der Waals surface area contributed by atoms with Gasteiger partial charge in [-0.15, -0.1) is 0 Å². The average Bonchev–Trinajstić information content (AvgIpc) is 2.48. The summed E-state index contributed by atoms with van der Waals surface area (Å²) in [7, 11) is 0. The van der Waals surface area contributed by atoms with Crippen LogP contribution in [0.15, 0.2) is 42.5 Å². The quantitative estimate of drug-likeness (QED) is 0.885. The second-order valence-corrected chi connectivity index (χ2v) is 5.88. The van der Waals surface area contributed by atoms with Crippen LogP contribution in [0.2, 0.25) is 0 Å². The number of amides is 1. The first-order chi connectivity index (χ1) is 10.5. The Morgan fingerprint density at radius 2 is 1.91 bits per heavy atom. The summed E-state index contributed by atoms with van der Waals surface area (Å²) in [5.41, 5.74) is 4.26. The third-order valence-electron chi connectivity index (χ3n) is 3.55. The fourth-order valence-corrected chi connectivity index (χ4v) is 2.25. The summed E-state index contributed by atoms with van der Waals surface area (Å²) in [6.07, 6.45) is 0. The molecule has 0 aliphatic carbocycles. The zero-order chi connectivity index (χ0) is 16.1. The van der Waals surface area contributed by atoms with Gasteiger partial charge in [0.25, 0.3) is 5.91 Å². The Labute approximate surface area is 132 Å². The highest BCUT2D eigenvalue weighted by molar-refractivity contribution is 5.92. The first kappa shape index (κ1) is 16.1. The van der Waals surface area contributed by atoms with E-state index in [1.165, 1.54) is 11.1 Å². The molecule has 0 bridgehead atoms. The van der Waals surface area contributed by atoms with E-state index in [4.69, 9.17) is 4.74 Å². The van der Waals surface area contributed by atoms with Crippen molar-refractivity contribution >= 4 is 11.6 Å². The van der Waals surface area contributed by atoms with E-state index in [0.29, 0.717) is 5.92 Å². The predicted octanol–water partition coefficient (Wildman–Crippen LogP) is 4.44. The second kappa shape index (κ2) is 7.12. The van der Waals surface area contributed by atoms with E-state index in [-0.39, 0.29) is 12.5 Å². The van der Waals surface area contributed by atoms with Gasteiger partial charge in [0.2, 0.25) is 0 Å². The zero-order valence-electron chi connectivity index (χ0n) is 13.6. The number of ether oxygens (including phenoxy) is 1. The van der Waals surface area contributed by atoms with Crippen LogP contribution in [-0.2, 0) is 4.79 Å². The van der Waals surface area contributed by atoms with Crippen LogP contribution in [0.1, 0.15) is 36.5 Å². The highest BCUT2D eigenvalue weighted by Gasteiger charge is 2.07. The Balaban J connectivity index is 1.94. The monoisotopic (exact) mass is 297 g/mol. The van der Waals surface area contributed by atoms with Crippen molar-refractivity contribution in [1.82, 2.24) is 0 Å². The van der Waals surface area contributed by atoms with Gasteiger partial charge in [-0.1, -0.05) is 43.7 Å². The number of rotatable bonds is 5. The van der Waals surface area contributed by atoms with E-state index in [9.17, 15) is 4.79 Å². The molecule has 0 saturated carbocycles. The minimum Gasteiger partial charge on any atom is -0.484 e. The van der Waals surface area contributed by atoms with E-state index in [2.05, 4.69) is 25.2 Å². The van der Waals surface area contributed by atoms with Gasteiger partial charge >= 0.3 is 0 Å². The molecule has 3 nitrogen and oxygen atoms in total. The number of carbonyl (C=O) groups excluding carboxylic acids is 1. The van der Waals surface area contributed by atoms with Crippen LogP contribution >= 0.6 is 0 Å². The molecule has 22 heavy (non-hydrogen) atoms. The smallest absolute Gasteiger partial charge is 0.262 e. The van der Waals surface area contributed by atoms with Gasteiger partial charge in [-0.3, -0.25) is 4.79 Å². The van der Waals surface area contributed by atoms with Gasteiger partial charge in [0.15, 0.2) is 6.61 Å². The molecular weight excluding hydrogens is 274 g/mol. The molecule has 0 unspecified atom stereocenters. The molecule has 0 aliphatic heterocycles. The largest absolute Gasteiger partial charge is 0.484 e. The van der Waals surface area contributed by atoms with E-state index >= 15 is 0 Å². The van der Waals surface area contributed by atoms with Crippen LogP contribution in [0.4, 0.5) is 5.69 Å². The van der Waals surface area contributed by atoms with Gasteiger partial charge in [0, 0.05) is 5.69 Å². The van der Waals surface area contributed by atoms with Crippen molar-refractivity contribution in [3.05, 3.63) is 59.2 Å². The molecule has 1 amide bonds. The summed E-state index contributed by atoms with van der Waals surface area (Å²) in [4.78, 5) is 12.0. The summed E-state index contributed by atoms with van der Waals surface area (Å²) in [5.74, 6) is 1.01. The number of benzene rings is 2. The van der Waals surface area contributed by atoms with Gasteiger partial charge < -0.3 is 10.1 Å². The minimum absolute atomic E-state index is 0.00879. The van der Waals surface area contributed by atoms with Crippen LogP contribution in [0.25, 0.3) is 0 Å². The highest BCUT2D eigenvalue weighted by atomic mass is 16.5. The van der Waals surface area contributed by atoms with Crippen LogP contribution < -0.4 is 10.1 Å². The number of aryl methyl sites for hydroxylation is 2. The summed E-state index contributed by atoms with van der Waals surface area (Å²) in [6, 6.07) is 13.8. The Morgan fingerprint density at radius 3 is 2.59 bits per heavy atom. The third kappa shape index (κ3) is 4.35. The number of anilines is 1. The van der Waals surface area contributed by atoms with Crippen LogP contribution in [0.3, 0.4) is 0 Å². The summed E-state index contributed by atoms with van der Waals surface area (Å²) < 4.78 is 5.58. The van der Waals surface area contributed by atoms with Crippen molar-refractivity contribution in [3.8, 4) is 5.75 Å². The van der Waals surface area contributed by atoms with Crippen molar-refractivity contribution in [2.24, 2.45) is 0 Å². The van der Waals surface area contributed by atoms with E-state index in [1.807, 2.05) is 50.2 Å². The molecule has 0 atom stereocenters. The maximum atomic E-state index is 12.0. The van der Waals surface area contributed by atoms with Gasteiger partial charge in [-0.25, -0.2) is 0 Å². The van der Waals surface area contributed by atoms with Crippen LogP contribution in [0, 0.1) is 13.8 Å². The summed E-state index contributed by atoms with van der Waals surface area (Å²) in [5, 5.41) is 2.88. The zero-order valence-corrected chi connectivity index (χ0v) is 13.6. The molecule has 1 N–H and O–H groups in total. The normalized spacial score (nSPS) is 10.6. The number of nitrogens with one attached hydrogen (secondary N) is 1. The molecule has 2 aromatic rings. The Hall–Kier alpha value is -2.29. The van der Waals surface area contributed by atoms with E-state index in [0.717, 1.165) is 17.0 Å². The molecule has 0 heterocycles. The predicted molar refractivity (Wildman–Crippen MR) is 90.6 cm³/mol. The maximum absolute atomic E-state index is 12.0. The fraction of sp³-hybridized carbons (Fsp3) is 0.316. The third-order valence-corrected chi connectivity index (χ3v) is 3.55. The van der Waals surface area contributed by atoms with Crippen molar-refractivity contribution in [2.45, 2.75) is 33.6 Å². The minimum atomic E-state index is -0.151. The van der Waals surface area contributed by atoms with Crippen LogP contribution in [-0.4, -0.2) is 12.5 Å². The number of hydrogen-bond donors (Lipinski definition) is 1. The lowest BCUT2D eigenvalue weighted by atomic mass is 10.0.